The van der Waals surface area contributed by atoms with Gasteiger partial charge in [-0.05, 0) is 54.5 Å². The van der Waals surface area contributed by atoms with Gasteiger partial charge in [-0.2, -0.15) is 5.26 Å². The molecule has 4 nitrogen and oxygen atoms in total. The number of nitrogens with one attached hydrogen (secondary N) is 1. The van der Waals surface area contributed by atoms with Gasteiger partial charge in [-0.15, -0.1) is 0 Å². The van der Waals surface area contributed by atoms with Crippen LogP contribution in [0.15, 0.2) is 86.6 Å². The molecule has 144 valence electrons. The first-order chi connectivity index (χ1) is 14.1. The highest BCUT2D eigenvalue weighted by Crippen LogP contribution is 2.37. The topological polar surface area (TPSA) is 56.1 Å². The van der Waals surface area contributed by atoms with Crippen molar-refractivity contribution in [2.24, 2.45) is 0 Å². The van der Waals surface area contributed by atoms with E-state index in [0.29, 0.717) is 16.7 Å². The lowest BCUT2D eigenvalue weighted by molar-refractivity contribution is 0.103. The van der Waals surface area contributed by atoms with Crippen molar-refractivity contribution >= 4 is 43.3 Å². The van der Waals surface area contributed by atoms with E-state index in [1.54, 1.807) is 12.1 Å². The summed E-state index contributed by atoms with van der Waals surface area (Å²) in [6, 6.07) is 17.5. The van der Waals surface area contributed by atoms with Crippen LogP contribution in [0.5, 0.6) is 0 Å². The molecule has 1 fully saturated rings. The molecule has 1 saturated heterocycles. The van der Waals surface area contributed by atoms with Crippen LogP contribution in [0.2, 0.25) is 0 Å². The molecule has 4 rings (SSSR count). The van der Waals surface area contributed by atoms with Crippen LogP contribution in [0.25, 0.3) is 5.70 Å². The molecule has 0 amide bonds. The molecule has 2 aromatic carbocycles. The van der Waals surface area contributed by atoms with E-state index in [-0.39, 0.29) is 5.78 Å². The molecule has 0 saturated carbocycles. The Morgan fingerprint density at radius 2 is 1.72 bits per heavy atom. The van der Waals surface area contributed by atoms with Crippen LogP contribution >= 0.6 is 31.9 Å². The molecule has 0 radical (unpaired) electrons. The van der Waals surface area contributed by atoms with E-state index in [1.165, 1.54) is 6.08 Å². The summed E-state index contributed by atoms with van der Waals surface area (Å²) in [6.07, 6.45) is 4.36. The standard InChI is InChI=1S/C23H17Br2N3O/c24-18-6-2-15(3-7-18)20-14-17(10-11-26)21(23-27-12-1-13-28(20)23)22(29)16-4-8-19(25)9-5-16/h2-10,14,27H,1,12-13H2/b17-10-. The number of halogens is 2. The molecule has 0 aliphatic carbocycles. The number of fused-ring (bicyclic) bond motifs is 1. The number of carbonyl (C=O) groups excluding carboxylic acids is 1. The maximum absolute atomic E-state index is 13.4. The number of carbonyl (C=O) groups is 1. The maximum atomic E-state index is 13.4. The van der Waals surface area contributed by atoms with Crippen molar-refractivity contribution in [3.63, 3.8) is 0 Å². The van der Waals surface area contributed by atoms with E-state index >= 15 is 0 Å². The number of rotatable bonds is 3. The molecule has 2 aromatic rings. The Balaban J connectivity index is 1.85. The SMILES string of the molecule is N#C/C=C1/C=C(c2ccc(Br)cc2)N2CCCNC2=C1C(=O)c1ccc(Br)cc1. The summed E-state index contributed by atoms with van der Waals surface area (Å²) in [6.45, 7) is 1.59. The van der Waals surface area contributed by atoms with E-state index in [9.17, 15) is 10.1 Å². The Labute approximate surface area is 186 Å². The molecular formula is C23H17Br2N3O. The fraction of sp³-hybridized carbons (Fsp3) is 0.130. The largest absolute Gasteiger partial charge is 0.371 e. The summed E-state index contributed by atoms with van der Waals surface area (Å²) >= 11 is 6.89. The normalized spacial score (nSPS) is 17.3. The highest BCUT2D eigenvalue weighted by Gasteiger charge is 2.32. The van der Waals surface area contributed by atoms with Gasteiger partial charge in [-0.1, -0.05) is 44.0 Å². The monoisotopic (exact) mass is 509 g/mol. The second-order valence-corrected chi connectivity index (χ2v) is 8.59. The second kappa shape index (κ2) is 8.40. The first kappa shape index (κ1) is 19.7. The summed E-state index contributed by atoms with van der Waals surface area (Å²) in [4.78, 5) is 15.6. The van der Waals surface area contributed by atoms with Crippen molar-refractivity contribution in [3.8, 4) is 6.07 Å². The third-order valence-corrected chi connectivity index (χ3v) is 5.98. The third-order valence-electron chi connectivity index (χ3n) is 4.92. The minimum atomic E-state index is -0.0977. The number of ketones is 1. The van der Waals surface area contributed by atoms with Crippen LogP contribution < -0.4 is 5.32 Å². The lowest BCUT2D eigenvalue weighted by atomic mass is 9.90. The Kier molecular flexibility index (Phi) is 5.70. The van der Waals surface area contributed by atoms with E-state index in [0.717, 1.165) is 45.5 Å². The number of Topliss-reactive ketones (excluding diaryl/α,β-unsaturated/α-hetero) is 1. The zero-order chi connectivity index (χ0) is 20.4. The summed E-state index contributed by atoms with van der Waals surface area (Å²) in [5.41, 5.74) is 3.77. The van der Waals surface area contributed by atoms with Gasteiger partial charge in [0.1, 0.15) is 5.82 Å². The quantitative estimate of drug-likeness (QED) is 0.443. The van der Waals surface area contributed by atoms with Crippen molar-refractivity contribution in [1.82, 2.24) is 10.2 Å². The molecule has 0 spiro atoms. The molecule has 6 heteroatoms. The van der Waals surface area contributed by atoms with Crippen LogP contribution in [0.1, 0.15) is 22.3 Å². The fourth-order valence-electron chi connectivity index (χ4n) is 3.58. The van der Waals surface area contributed by atoms with E-state index in [1.807, 2.05) is 42.5 Å². The maximum Gasteiger partial charge on any atom is 0.197 e. The number of nitriles is 1. The number of hydrogen-bond acceptors (Lipinski definition) is 4. The Morgan fingerprint density at radius 1 is 1.07 bits per heavy atom. The predicted molar refractivity (Wildman–Crippen MR) is 121 cm³/mol. The molecular weight excluding hydrogens is 494 g/mol. The number of allylic oxidation sites excluding steroid dienone is 4. The summed E-state index contributed by atoms with van der Waals surface area (Å²) in [5.74, 6) is 0.672. The first-order valence-corrected chi connectivity index (χ1v) is 10.8. The van der Waals surface area contributed by atoms with Gasteiger partial charge in [0, 0.05) is 39.2 Å². The van der Waals surface area contributed by atoms with Crippen LogP contribution in [0, 0.1) is 11.3 Å². The van der Waals surface area contributed by atoms with Gasteiger partial charge in [-0.3, -0.25) is 4.79 Å². The minimum absolute atomic E-state index is 0.0977. The Hall–Kier alpha value is -2.62. The van der Waals surface area contributed by atoms with Gasteiger partial charge in [0.15, 0.2) is 5.78 Å². The van der Waals surface area contributed by atoms with Crippen LogP contribution in [-0.4, -0.2) is 23.8 Å². The van der Waals surface area contributed by atoms with Crippen LogP contribution in [0.3, 0.4) is 0 Å². The molecule has 0 bridgehead atoms. The number of benzene rings is 2. The third kappa shape index (κ3) is 3.93. The van der Waals surface area contributed by atoms with Crippen molar-refractivity contribution in [3.05, 3.63) is 97.7 Å². The fourth-order valence-corrected chi connectivity index (χ4v) is 4.11. The molecule has 2 aliphatic heterocycles. The highest BCUT2D eigenvalue weighted by atomic mass is 79.9. The molecule has 29 heavy (non-hydrogen) atoms. The molecule has 1 N–H and O–H groups in total. The molecule has 0 aromatic heterocycles. The Bertz CT molecular complexity index is 1090. The highest BCUT2D eigenvalue weighted by molar-refractivity contribution is 9.10. The lowest BCUT2D eigenvalue weighted by Crippen LogP contribution is -2.42. The predicted octanol–water partition coefficient (Wildman–Crippen LogP) is 5.41. The average molecular weight is 511 g/mol. The van der Waals surface area contributed by atoms with Gasteiger partial charge in [-0.25, -0.2) is 0 Å². The minimum Gasteiger partial charge on any atom is -0.371 e. The van der Waals surface area contributed by atoms with Crippen molar-refractivity contribution < 1.29 is 4.79 Å². The van der Waals surface area contributed by atoms with Gasteiger partial charge in [0.2, 0.25) is 0 Å². The molecule has 0 atom stereocenters. The van der Waals surface area contributed by atoms with Gasteiger partial charge >= 0.3 is 0 Å². The average Bonchev–Trinajstić information content (AvgIpc) is 2.74. The van der Waals surface area contributed by atoms with E-state index < -0.39 is 0 Å². The summed E-state index contributed by atoms with van der Waals surface area (Å²) < 4.78 is 1.92. The van der Waals surface area contributed by atoms with Crippen molar-refractivity contribution in [1.29, 1.82) is 5.26 Å². The van der Waals surface area contributed by atoms with Gasteiger partial charge < -0.3 is 10.2 Å². The zero-order valence-electron chi connectivity index (χ0n) is 15.5. The second-order valence-electron chi connectivity index (χ2n) is 6.76. The Morgan fingerprint density at radius 3 is 2.38 bits per heavy atom. The molecule has 2 heterocycles. The zero-order valence-corrected chi connectivity index (χ0v) is 18.6. The smallest absolute Gasteiger partial charge is 0.197 e. The summed E-state index contributed by atoms with van der Waals surface area (Å²) in [5, 5.41) is 12.8. The first-order valence-electron chi connectivity index (χ1n) is 9.22. The van der Waals surface area contributed by atoms with Crippen LogP contribution in [0.4, 0.5) is 0 Å². The molecule has 0 unspecified atom stereocenters. The van der Waals surface area contributed by atoms with Crippen LogP contribution in [-0.2, 0) is 0 Å². The summed E-state index contributed by atoms with van der Waals surface area (Å²) in [7, 11) is 0. The van der Waals surface area contributed by atoms with Gasteiger partial charge in [0.05, 0.1) is 17.3 Å². The molecule has 2 aliphatic rings. The number of hydrogen-bond donors (Lipinski definition) is 1. The van der Waals surface area contributed by atoms with Crippen molar-refractivity contribution in [2.45, 2.75) is 6.42 Å². The number of nitrogens with zero attached hydrogens (tertiary/aromatic N) is 2. The van der Waals surface area contributed by atoms with Crippen molar-refractivity contribution in [2.75, 3.05) is 13.1 Å². The van der Waals surface area contributed by atoms with E-state index in [2.05, 4.69) is 48.1 Å². The van der Waals surface area contributed by atoms with Gasteiger partial charge in [0.25, 0.3) is 0 Å². The lowest BCUT2D eigenvalue weighted by Gasteiger charge is -2.39. The van der Waals surface area contributed by atoms with E-state index in [4.69, 9.17) is 0 Å².